The van der Waals surface area contributed by atoms with E-state index >= 15 is 0 Å². The van der Waals surface area contributed by atoms with Gasteiger partial charge in [0.25, 0.3) is 10.0 Å². The third kappa shape index (κ3) is 4.53. The number of sulfonamides is 1. The van der Waals surface area contributed by atoms with Gasteiger partial charge < -0.3 is 5.32 Å². The van der Waals surface area contributed by atoms with Crippen LogP contribution in [0.3, 0.4) is 0 Å². The van der Waals surface area contributed by atoms with E-state index in [9.17, 15) is 12.8 Å². The van der Waals surface area contributed by atoms with Crippen molar-refractivity contribution in [3.63, 3.8) is 0 Å². The van der Waals surface area contributed by atoms with Gasteiger partial charge in [0, 0.05) is 17.9 Å². The summed E-state index contributed by atoms with van der Waals surface area (Å²) in [7, 11) is -3.75. The molecule has 4 nitrogen and oxygen atoms in total. The summed E-state index contributed by atoms with van der Waals surface area (Å²) in [6, 6.07) is 19.3. The summed E-state index contributed by atoms with van der Waals surface area (Å²) >= 11 is 5.96. The van der Waals surface area contributed by atoms with E-state index in [2.05, 4.69) is 10.0 Å². The van der Waals surface area contributed by atoms with E-state index in [4.69, 9.17) is 11.6 Å². The molecule has 3 aromatic carbocycles. The largest absolute Gasteiger partial charge is 0.381 e. The molecule has 0 aromatic heterocycles. The molecule has 0 aliphatic heterocycles. The van der Waals surface area contributed by atoms with Crippen LogP contribution in [0.25, 0.3) is 0 Å². The highest BCUT2D eigenvalue weighted by molar-refractivity contribution is 7.92. The van der Waals surface area contributed by atoms with Crippen LogP contribution >= 0.6 is 11.6 Å². The third-order valence-electron chi connectivity index (χ3n) is 3.67. The van der Waals surface area contributed by atoms with Gasteiger partial charge in [0.2, 0.25) is 0 Å². The number of nitrogens with one attached hydrogen (secondary N) is 2. The highest BCUT2D eigenvalue weighted by atomic mass is 35.5. The van der Waals surface area contributed by atoms with Gasteiger partial charge in [0.05, 0.1) is 5.02 Å². The summed E-state index contributed by atoms with van der Waals surface area (Å²) in [6.07, 6.45) is 0. The van der Waals surface area contributed by atoms with Gasteiger partial charge in [-0.15, -0.1) is 0 Å². The Morgan fingerprint density at radius 3 is 2.12 bits per heavy atom. The van der Waals surface area contributed by atoms with E-state index in [-0.39, 0.29) is 15.7 Å². The predicted molar refractivity (Wildman–Crippen MR) is 102 cm³/mol. The van der Waals surface area contributed by atoms with Crippen molar-refractivity contribution in [2.45, 2.75) is 11.4 Å². The minimum atomic E-state index is -3.75. The molecule has 26 heavy (non-hydrogen) atoms. The molecule has 7 heteroatoms. The first-order valence-electron chi connectivity index (χ1n) is 7.80. The Balaban J connectivity index is 1.66. The molecule has 0 unspecified atom stereocenters. The lowest BCUT2D eigenvalue weighted by molar-refractivity contribution is 0.601. The minimum absolute atomic E-state index is 0.0279. The van der Waals surface area contributed by atoms with Gasteiger partial charge in [-0.2, -0.15) is 0 Å². The molecule has 0 radical (unpaired) electrons. The average Bonchev–Trinajstić information content (AvgIpc) is 2.62. The average molecular weight is 391 g/mol. The molecule has 0 spiro atoms. The molecule has 2 N–H and O–H groups in total. The maximum Gasteiger partial charge on any atom is 0.263 e. The molecular weight excluding hydrogens is 375 g/mol. The highest BCUT2D eigenvalue weighted by Crippen LogP contribution is 2.24. The van der Waals surface area contributed by atoms with Crippen LogP contribution < -0.4 is 10.0 Å². The summed E-state index contributed by atoms with van der Waals surface area (Å²) in [4.78, 5) is 0.0279. The SMILES string of the molecule is O=S(=O)(Nc1ccc(NCc2ccc(F)cc2)cc1)c1ccccc1Cl. The quantitative estimate of drug-likeness (QED) is 0.629. The van der Waals surface area contributed by atoms with Crippen LogP contribution in [-0.2, 0) is 16.6 Å². The molecule has 0 atom stereocenters. The molecule has 0 saturated heterocycles. The van der Waals surface area contributed by atoms with E-state index in [1.807, 2.05) is 0 Å². The Hall–Kier alpha value is -2.57. The van der Waals surface area contributed by atoms with Crippen molar-refractivity contribution in [3.8, 4) is 0 Å². The van der Waals surface area contributed by atoms with Crippen molar-refractivity contribution in [2.75, 3.05) is 10.0 Å². The van der Waals surface area contributed by atoms with E-state index < -0.39 is 10.0 Å². The Labute approximate surface area is 156 Å². The van der Waals surface area contributed by atoms with Gasteiger partial charge in [-0.25, -0.2) is 12.8 Å². The molecule has 0 fully saturated rings. The van der Waals surface area contributed by atoms with Crippen molar-refractivity contribution in [2.24, 2.45) is 0 Å². The Morgan fingerprint density at radius 1 is 0.846 bits per heavy atom. The van der Waals surface area contributed by atoms with Gasteiger partial charge >= 0.3 is 0 Å². The molecule has 0 bridgehead atoms. The zero-order valence-electron chi connectivity index (χ0n) is 13.6. The molecule has 0 amide bonds. The normalized spacial score (nSPS) is 11.2. The summed E-state index contributed by atoms with van der Waals surface area (Å²) in [5.41, 5.74) is 2.18. The van der Waals surface area contributed by atoms with Crippen LogP contribution in [0.4, 0.5) is 15.8 Å². The summed E-state index contributed by atoms with van der Waals surface area (Å²) in [5.74, 6) is -0.274. The molecule has 0 heterocycles. The molecular formula is C19H16ClFN2O2S. The Kier molecular flexibility index (Phi) is 5.44. The fourth-order valence-electron chi connectivity index (χ4n) is 2.34. The Morgan fingerprint density at radius 2 is 1.46 bits per heavy atom. The maximum atomic E-state index is 12.9. The van der Waals surface area contributed by atoms with Crippen LogP contribution in [0.15, 0.2) is 77.7 Å². The maximum absolute atomic E-state index is 12.9. The highest BCUT2D eigenvalue weighted by Gasteiger charge is 2.17. The van der Waals surface area contributed by atoms with Crippen molar-refractivity contribution in [3.05, 3.63) is 89.2 Å². The van der Waals surface area contributed by atoms with Crippen LogP contribution in [-0.4, -0.2) is 8.42 Å². The van der Waals surface area contributed by atoms with E-state index in [0.717, 1.165) is 11.3 Å². The van der Waals surface area contributed by atoms with Crippen molar-refractivity contribution >= 4 is 33.0 Å². The second-order valence-corrected chi connectivity index (χ2v) is 7.65. The van der Waals surface area contributed by atoms with Crippen LogP contribution in [0.5, 0.6) is 0 Å². The minimum Gasteiger partial charge on any atom is -0.381 e. The number of halogens is 2. The van der Waals surface area contributed by atoms with Gasteiger partial charge in [0.1, 0.15) is 10.7 Å². The first-order chi connectivity index (χ1) is 12.4. The van der Waals surface area contributed by atoms with Gasteiger partial charge in [-0.05, 0) is 54.1 Å². The first kappa shape index (κ1) is 18.2. The van der Waals surface area contributed by atoms with E-state index in [1.165, 1.54) is 24.3 Å². The van der Waals surface area contributed by atoms with Gasteiger partial charge in [-0.3, -0.25) is 4.72 Å². The van der Waals surface area contributed by atoms with Crippen LogP contribution in [0.1, 0.15) is 5.56 Å². The number of benzene rings is 3. The second-order valence-electron chi connectivity index (χ2n) is 5.59. The van der Waals surface area contributed by atoms with Crippen LogP contribution in [0, 0.1) is 5.82 Å². The summed E-state index contributed by atoms with van der Waals surface area (Å²) in [6.45, 7) is 0.533. The monoisotopic (exact) mass is 390 g/mol. The van der Waals surface area contributed by atoms with E-state index in [0.29, 0.717) is 12.2 Å². The second kappa shape index (κ2) is 7.76. The topological polar surface area (TPSA) is 58.2 Å². The fourth-order valence-corrected chi connectivity index (χ4v) is 3.91. The number of hydrogen-bond acceptors (Lipinski definition) is 3. The lowest BCUT2D eigenvalue weighted by Crippen LogP contribution is -2.13. The molecule has 134 valence electrons. The van der Waals surface area contributed by atoms with Crippen molar-refractivity contribution in [1.82, 2.24) is 0 Å². The summed E-state index contributed by atoms with van der Waals surface area (Å²) < 4.78 is 40.2. The lowest BCUT2D eigenvalue weighted by atomic mass is 10.2. The molecule has 3 rings (SSSR count). The zero-order chi connectivity index (χ0) is 18.6. The fraction of sp³-hybridized carbons (Fsp3) is 0.0526. The van der Waals surface area contributed by atoms with E-state index in [1.54, 1.807) is 48.5 Å². The molecule has 0 aliphatic carbocycles. The zero-order valence-corrected chi connectivity index (χ0v) is 15.2. The number of anilines is 2. The summed E-state index contributed by atoms with van der Waals surface area (Å²) in [5, 5.41) is 3.35. The first-order valence-corrected chi connectivity index (χ1v) is 9.66. The predicted octanol–water partition coefficient (Wildman–Crippen LogP) is 4.89. The molecule has 3 aromatic rings. The van der Waals surface area contributed by atoms with Gasteiger partial charge in [0.15, 0.2) is 0 Å². The van der Waals surface area contributed by atoms with Crippen LogP contribution in [0.2, 0.25) is 5.02 Å². The lowest BCUT2D eigenvalue weighted by Gasteiger charge is -2.11. The number of rotatable bonds is 6. The van der Waals surface area contributed by atoms with Crippen molar-refractivity contribution < 1.29 is 12.8 Å². The smallest absolute Gasteiger partial charge is 0.263 e. The molecule has 0 aliphatic rings. The van der Waals surface area contributed by atoms with Crippen molar-refractivity contribution in [1.29, 1.82) is 0 Å². The number of hydrogen-bond donors (Lipinski definition) is 2. The molecule has 0 saturated carbocycles. The third-order valence-corrected chi connectivity index (χ3v) is 5.55. The Bertz CT molecular complexity index is 991. The van der Waals surface area contributed by atoms with Gasteiger partial charge in [-0.1, -0.05) is 35.9 Å². The standard InChI is InChI=1S/C19H16ClFN2O2S/c20-18-3-1-2-4-19(18)26(24,25)23-17-11-9-16(10-12-17)22-13-14-5-7-15(21)8-6-14/h1-12,22-23H,13H2.